The average molecular weight is 209 g/mol. The monoisotopic (exact) mass is 208 g/mol. The summed E-state index contributed by atoms with van der Waals surface area (Å²) in [7, 11) is 0. The van der Waals surface area contributed by atoms with Crippen molar-refractivity contribution in [2.45, 2.75) is 0 Å². The third kappa shape index (κ3) is 4.18. The molecule has 0 aromatic heterocycles. The number of hydrogen-bond donors (Lipinski definition) is 1. The summed E-state index contributed by atoms with van der Waals surface area (Å²) >= 11 is 7.14. The first-order valence-corrected chi connectivity index (χ1v) is 5.50. The Balaban J connectivity index is 1.88. The van der Waals surface area contributed by atoms with Crippen LogP contribution >= 0.6 is 23.4 Å². The van der Waals surface area contributed by atoms with Gasteiger partial charge in [-0.25, -0.2) is 0 Å². The molecule has 0 bridgehead atoms. The zero-order chi connectivity index (χ0) is 8.65. The van der Waals surface area contributed by atoms with E-state index in [0.717, 1.165) is 30.6 Å². The van der Waals surface area contributed by atoms with Gasteiger partial charge in [0.05, 0.1) is 19.8 Å². The standard InChI is InChI=1S/C7H13ClN2OS/c8-1-4-11-5-6-12-7-9-2-3-10-7/h1-6H2,(H,9,10). The van der Waals surface area contributed by atoms with Gasteiger partial charge >= 0.3 is 0 Å². The Labute approximate surface area is 81.9 Å². The van der Waals surface area contributed by atoms with Crippen molar-refractivity contribution in [1.82, 2.24) is 5.32 Å². The van der Waals surface area contributed by atoms with E-state index in [-0.39, 0.29) is 0 Å². The van der Waals surface area contributed by atoms with Crippen LogP contribution in [0.3, 0.4) is 0 Å². The molecule has 1 rings (SSSR count). The maximum Gasteiger partial charge on any atom is 0.156 e. The molecule has 0 amide bonds. The number of thioether (sulfide) groups is 1. The number of hydrogen-bond acceptors (Lipinski definition) is 4. The van der Waals surface area contributed by atoms with E-state index in [1.165, 1.54) is 0 Å². The molecule has 1 heterocycles. The fraction of sp³-hybridized carbons (Fsp3) is 0.857. The van der Waals surface area contributed by atoms with Gasteiger partial charge < -0.3 is 10.1 Å². The van der Waals surface area contributed by atoms with Gasteiger partial charge in [0.1, 0.15) is 0 Å². The fourth-order valence-corrected chi connectivity index (χ4v) is 1.72. The van der Waals surface area contributed by atoms with Gasteiger partial charge in [-0.05, 0) is 0 Å². The summed E-state index contributed by atoms with van der Waals surface area (Å²) in [6, 6.07) is 0. The summed E-state index contributed by atoms with van der Waals surface area (Å²) in [5.74, 6) is 1.52. The van der Waals surface area contributed by atoms with Gasteiger partial charge in [-0.15, -0.1) is 11.6 Å². The van der Waals surface area contributed by atoms with E-state index in [1.807, 2.05) is 0 Å². The molecule has 0 aromatic rings. The first-order chi connectivity index (χ1) is 5.93. The number of aliphatic imine (C=N–C) groups is 1. The second-order valence-corrected chi connectivity index (χ2v) is 3.73. The number of rotatable bonds is 5. The van der Waals surface area contributed by atoms with Crippen LogP contribution in [0.1, 0.15) is 0 Å². The molecule has 0 fully saturated rings. The lowest BCUT2D eigenvalue weighted by Crippen LogP contribution is -2.16. The number of alkyl halides is 1. The molecule has 0 atom stereocenters. The second kappa shape index (κ2) is 6.57. The minimum Gasteiger partial charge on any atom is -0.379 e. The molecule has 0 saturated carbocycles. The highest BCUT2D eigenvalue weighted by Crippen LogP contribution is 2.04. The molecule has 0 unspecified atom stereocenters. The van der Waals surface area contributed by atoms with Crippen molar-refractivity contribution in [2.24, 2.45) is 4.99 Å². The summed E-state index contributed by atoms with van der Waals surface area (Å²) in [5, 5.41) is 4.22. The Morgan fingerprint density at radius 2 is 2.50 bits per heavy atom. The maximum atomic E-state index is 5.44. The van der Waals surface area contributed by atoms with Crippen molar-refractivity contribution in [3.05, 3.63) is 0 Å². The van der Waals surface area contributed by atoms with Crippen LogP contribution in [0.25, 0.3) is 0 Å². The van der Waals surface area contributed by atoms with E-state index < -0.39 is 0 Å². The molecule has 5 heteroatoms. The summed E-state index contributed by atoms with van der Waals surface area (Å²) in [5.41, 5.74) is 0. The molecule has 0 aliphatic carbocycles. The van der Waals surface area contributed by atoms with E-state index in [4.69, 9.17) is 16.3 Å². The van der Waals surface area contributed by atoms with E-state index in [2.05, 4.69) is 10.3 Å². The number of amidine groups is 1. The predicted octanol–water partition coefficient (Wildman–Crippen LogP) is 0.934. The molecule has 3 nitrogen and oxygen atoms in total. The van der Waals surface area contributed by atoms with Crippen molar-refractivity contribution >= 4 is 28.5 Å². The van der Waals surface area contributed by atoms with Crippen LogP contribution in [0.2, 0.25) is 0 Å². The SMILES string of the molecule is ClCCOCCSC1=NCCN1. The lowest BCUT2D eigenvalue weighted by molar-refractivity contribution is 0.166. The number of halogens is 1. The zero-order valence-electron chi connectivity index (χ0n) is 6.88. The largest absolute Gasteiger partial charge is 0.379 e. The van der Waals surface area contributed by atoms with Crippen LogP contribution in [0, 0.1) is 0 Å². The Kier molecular flexibility index (Phi) is 5.56. The van der Waals surface area contributed by atoms with Crippen molar-refractivity contribution in [3.63, 3.8) is 0 Å². The van der Waals surface area contributed by atoms with Crippen LogP contribution in [0.4, 0.5) is 0 Å². The van der Waals surface area contributed by atoms with Gasteiger partial charge in [-0.2, -0.15) is 0 Å². The Bertz CT molecular complexity index is 154. The van der Waals surface area contributed by atoms with Crippen LogP contribution in [0.5, 0.6) is 0 Å². The number of nitrogens with one attached hydrogen (secondary N) is 1. The highest BCUT2D eigenvalue weighted by molar-refractivity contribution is 8.13. The van der Waals surface area contributed by atoms with E-state index in [0.29, 0.717) is 12.5 Å². The molecule has 70 valence electrons. The highest BCUT2D eigenvalue weighted by Gasteiger charge is 2.03. The lowest BCUT2D eigenvalue weighted by Gasteiger charge is -2.02. The molecule has 0 radical (unpaired) electrons. The second-order valence-electron chi connectivity index (χ2n) is 2.26. The van der Waals surface area contributed by atoms with Gasteiger partial charge in [-0.1, -0.05) is 11.8 Å². The molecule has 1 aliphatic heterocycles. The van der Waals surface area contributed by atoms with E-state index in [1.54, 1.807) is 11.8 Å². The van der Waals surface area contributed by atoms with Gasteiger partial charge in [0.25, 0.3) is 0 Å². The molecule has 0 spiro atoms. The fourth-order valence-electron chi connectivity index (χ4n) is 0.827. The van der Waals surface area contributed by atoms with Crippen molar-refractivity contribution in [1.29, 1.82) is 0 Å². The van der Waals surface area contributed by atoms with Gasteiger partial charge in [0.2, 0.25) is 0 Å². The smallest absolute Gasteiger partial charge is 0.156 e. The third-order valence-electron chi connectivity index (χ3n) is 1.33. The third-order valence-corrected chi connectivity index (χ3v) is 2.40. The first kappa shape index (κ1) is 10.2. The van der Waals surface area contributed by atoms with Crippen LogP contribution in [-0.4, -0.2) is 43.1 Å². The molecule has 1 aliphatic rings. The summed E-state index contributed by atoms with van der Waals surface area (Å²) in [6.07, 6.45) is 0. The van der Waals surface area contributed by atoms with E-state index >= 15 is 0 Å². The highest BCUT2D eigenvalue weighted by atomic mass is 35.5. The lowest BCUT2D eigenvalue weighted by atomic mass is 10.7. The summed E-state index contributed by atoms with van der Waals surface area (Å²) in [6.45, 7) is 3.27. The van der Waals surface area contributed by atoms with E-state index in [9.17, 15) is 0 Å². The Morgan fingerprint density at radius 1 is 1.58 bits per heavy atom. The van der Waals surface area contributed by atoms with Gasteiger partial charge in [0.15, 0.2) is 5.17 Å². The Hall–Kier alpha value is 0.0700. The predicted molar refractivity (Wildman–Crippen MR) is 54.3 cm³/mol. The summed E-state index contributed by atoms with van der Waals surface area (Å²) < 4.78 is 5.21. The van der Waals surface area contributed by atoms with Crippen LogP contribution < -0.4 is 5.32 Å². The first-order valence-electron chi connectivity index (χ1n) is 3.98. The zero-order valence-corrected chi connectivity index (χ0v) is 8.46. The van der Waals surface area contributed by atoms with Crippen molar-refractivity contribution in [3.8, 4) is 0 Å². The molecule has 1 N–H and O–H groups in total. The molecule has 12 heavy (non-hydrogen) atoms. The maximum absolute atomic E-state index is 5.44. The average Bonchev–Trinajstić information content (AvgIpc) is 2.57. The van der Waals surface area contributed by atoms with Crippen molar-refractivity contribution < 1.29 is 4.74 Å². The van der Waals surface area contributed by atoms with Crippen molar-refractivity contribution in [2.75, 3.05) is 37.9 Å². The van der Waals surface area contributed by atoms with Gasteiger partial charge in [0, 0.05) is 18.2 Å². The van der Waals surface area contributed by atoms with Gasteiger partial charge in [-0.3, -0.25) is 4.99 Å². The molecular formula is C7H13ClN2OS. The number of nitrogens with zero attached hydrogens (tertiary/aromatic N) is 1. The molecular weight excluding hydrogens is 196 g/mol. The van der Waals surface area contributed by atoms with Crippen LogP contribution in [-0.2, 0) is 4.74 Å². The molecule has 0 aromatic carbocycles. The minimum absolute atomic E-state index is 0.573. The van der Waals surface area contributed by atoms with Crippen LogP contribution in [0.15, 0.2) is 4.99 Å². The topological polar surface area (TPSA) is 33.6 Å². The Morgan fingerprint density at radius 3 is 3.17 bits per heavy atom. The molecule has 0 saturated heterocycles. The summed E-state index contributed by atoms with van der Waals surface area (Å²) in [4.78, 5) is 4.24. The minimum atomic E-state index is 0.573. The number of ether oxygens (including phenoxy) is 1. The quantitative estimate of drug-likeness (QED) is 0.539. The normalized spacial score (nSPS) is 15.9.